The second kappa shape index (κ2) is 5.91. The van der Waals surface area contributed by atoms with E-state index in [9.17, 15) is 8.78 Å². The van der Waals surface area contributed by atoms with Crippen molar-refractivity contribution in [1.82, 2.24) is 4.98 Å². The van der Waals surface area contributed by atoms with E-state index >= 15 is 0 Å². The average Bonchev–Trinajstić information content (AvgIpc) is 2.25. The van der Waals surface area contributed by atoms with Gasteiger partial charge in [-0.25, -0.2) is 8.78 Å². The molecule has 0 aliphatic carbocycles. The Balaban J connectivity index is 2.83. The van der Waals surface area contributed by atoms with Crippen LogP contribution in [0.15, 0.2) is 6.07 Å². The molecule has 0 bridgehead atoms. The van der Waals surface area contributed by atoms with Crippen molar-refractivity contribution in [3.05, 3.63) is 17.7 Å². The van der Waals surface area contributed by atoms with Gasteiger partial charge in [-0.05, 0) is 6.92 Å². The lowest BCUT2D eigenvalue weighted by atomic mass is 10.4. The summed E-state index contributed by atoms with van der Waals surface area (Å²) in [4.78, 5) is 3.68. The van der Waals surface area contributed by atoms with Gasteiger partial charge >= 0.3 is 0 Å². The molecular formula is C11H12F2N2O. The van der Waals surface area contributed by atoms with E-state index in [-0.39, 0.29) is 18.3 Å². The summed E-state index contributed by atoms with van der Waals surface area (Å²) in [5.74, 6) is 0.489. The van der Waals surface area contributed by atoms with E-state index in [0.29, 0.717) is 13.0 Å². The fourth-order valence-electron chi connectivity index (χ4n) is 1.05. The van der Waals surface area contributed by atoms with Crippen LogP contribution in [0.3, 0.4) is 0 Å². The lowest BCUT2D eigenvalue weighted by Crippen LogP contribution is -2.07. The number of halogens is 2. The molecule has 1 aromatic heterocycles. The molecule has 0 aliphatic heterocycles. The highest BCUT2D eigenvalue weighted by atomic mass is 19.1. The number of rotatable bonds is 5. The first-order chi connectivity index (χ1) is 7.69. The first-order valence-corrected chi connectivity index (χ1v) is 4.85. The molecule has 0 saturated carbocycles. The van der Waals surface area contributed by atoms with Gasteiger partial charge in [0.2, 0.25) is 0 Å². The molecule has 0 aliphatic rings. The van der Waals surface area contributed by atoms with Crippen molar-refractivity contribution in [2.24, 2.45) is 0 Å². The number of anilines is 1. The van der Waals surface area contributed by atoms with Gasteiger partial charge in [0.1, 0.15) is 6.61 Å². The van der Waals surface area contributed by atoms with Gasteiger partial charge in [0.15, 0.2) is 17.5 Å². The molecule has 0 radical (unpaired) electrons. The Morgan fingerprint density at radius 2 is 2.25 bits per heavy atom. The van der Waals surface area contributed by atoms with Crippen molar-refractivity contribution in [2.75, 3.05) is 18.5 Å². The third kappa shape index (κ3) is 3.09. The zero-order valence-corrected chi connectivity index (χ0v) is 8.89. The molecule has 0 saturated heterocycles. The molecular weight excluding hydrogens is 214 g/mol. The molecule has 0 unspecified atom stereocenters. The molecule has 1 rings (SSSR count). The van der Waals surface area contributed by atoms with Gasteiger partial charge in [-0.2, -0.15) is 4.98 Å². The van der Waals surface area contributed by atoms with Gasteiger partial charge < -0.3 is 10.1 Å². The van der Waals surface area contributed by atoms with Crippen molar-refractivity contribution >= 4 is 5.82 Å². The Labute approximate surface area is 92.8 Å². The molecule has 5 heteroatoms. The molecule has 0 aromatic carbocycles. The van der Waals surface area contributed by atoms with Crippen molar-refractivity contribution in [1.29, 1.82) is 0 Å². The standard InChI is InChI=1S/C11H12F2N2O/c1-3-5-6-16-11-9(13)7-8(12)10(15-11)14-4-2/h1,7H,4-6H2,2H3,(H,14,15). The van der Waals surface area contributed by atoms with Crippen LogP contribution in [0.25, 0.3) is 0 Å². The quantitative estimate of drug-likeness (QED) is 0.617. The highest BCUT2D eigenvalue weighted by molar-refractivity contribution is 5.39. The summed E-state index contributed by atoms with van der Waals surface area (Å²) in [6, 6.07) is 0.732. The average molecular weight is 226 g/mol. The topological polar surface area (TPSA) is 34.1 Å². The SMILES string of the molecule is C#CCCOc1nc(NCC)c(F)cc1F. The smallest absolute Gasteiger partial charge is 0.252 e. The number of ether oxygens (including phenoxy) is 1. The third-order valence-electron chi connectivity index (χ3n) is 1.73. The first-order valence-electron chi connectivity index (χ1n) is 4.85. The Bertz CT molecular complexity index is 402. The van der Waals surface area contributed by atoms with E-state index < -0.39 is 11.6 Å². The maximum absolute atomic E-state index is 13.2. The minimum absolute atomic E-state index is 0.0281. The van der Waals surface area contributed by atoms with E-state index in [1.807, 2.05) is 0 Å². The van der Waals surface area contributed by atoms with Crippen molar-refractivity contribution in [3.63, 3.8) is 0 Å². The van der Waals surface area contributed by atoms with Crippen molar-refractivity contribution < 1.29 is 13.5 Å². The Morgan fingerprint density at radius 3 is 2.88 bits per heavy atom. The maximum Gasteiger partial charge on any atom is 0.252 e. The van der Waals surface area contributed by atoms with Gasteiger partial charge in [0, 0.05) is 19.0 Å². The zero-order chi connectivity index (χ0) is 12.0. The van der Waals surface area contributed by atoms with Crippen molar-refractivity contribution in [3.8, 4) is 18.2 Å². The predicted octanol–water partition coefficient (Wildman–Crippen LogP) is 2.19. The van der Waals surface area contributed by atoms with E-state index in [2.05, 4.69) is 16.2 Å². The highest BCUT2D eigenvalue weighted by Gasteiger charge is 2.12. The second-order valence-corrected chi connectivity index (χ2v) is 2.94. The first kappa shape index (κ1) is 12.2. The largest absolute Gasteiger partial charge is 0.475 e. The molecule has 0 amide bonds. The van der Waals surface area contributed by atoms with Gasteiger partial charge in [0.25, 0.3) is 5.88 Å². The van der Waals surface area contributed by atoms with Crippen LogP contribution in [0.4, 0.5) is 14.6 Å². The maximum atomic E-state index is 13.2. The van der Waals surface area contributed by atoms with Crippen molar-refractivity contribution in [2.45, 2.75) is 13.3 Å². The molecule has 86 valence electrons. The van der Waals surface area contributed by atoms with E-state index in [4.69, 9.17) is 11.2 Å². The van der Waals surface area contributed by atoms with E-state index in [1.54, 1.807) is 6.92 Å². The third-order valence-corrected chi connectivity index (χ3v) is 1.73. The number of terminal acetylenes is 1. The van der Waals surface area contributed by atoms with Crippen LogP contribution in [-0.4, -0.2) is 18.1 Å². The predicted molar refractivity (Wildman–Crippen MR) is 57.3 cm³/mol. The number of hydrogen-bond donors (Lipinski definition) is 1. The Kier molecular flexibility index (Phi) is 4.52. The molecule has 1 N–H and O–H groups in total. The van der Waals surface area contributed by atoms with Crippen LogP contribution in [0.1, 0.15) is 13.3 Å². The van der Waals surface area contributed by atoms with Crippen LogP contribution >= 0.6 is 0 Å². The molecule has 1 aromatic rings. The van der Waals surface area contributed by atoms with Crippen LogP contribution < -0.4 is 10.1 Å². The molecule has 0 fully saturated rings. The number of nitrogens with one attached hydrogen (secondary N) is 1. The summed E-state index contributed by atoms with van der Waals surface area (Å²) in [6.45, 7) is 2.42. The second-order valence-electron chi connectivity index (χ2n) is 2.94. The normalized spacial score (nSPS) is 9.62. The number of hydrogen-bond acceptors (Lipinski definition) is 3. The summed E-state index contributed by atoms with van der Waals surface area (Å²) in [5.41, 5.74) is 0. The van der Waals surface area contributed by atoms with Gasteiger partial charge in [-0.3, -0.25) is 0 Å². The monoisotopic (exact) mass is 226 g/mol. The number of aromatic nitrogens is 1. The number of pyridine rings is 1. The summed E-state index contributed by atoms with van der Waals surface area (Å²) >= 11 is 0. The fraction of sp³-hybridized carbons (Fsp3) is 0.364. The fourth-order valence-corrected chi connectivity index (χ4v) is 1.05. The van der Waals surface area contributed by atoms with Crippen LogP contribution in [0, 0.1) is 24.0 Å². The van der Waals surface area contributed by atoms with Gasteiger partial charge in [-0.1, -0.05) is 0 Å². The lowest BCUT2D eigenvalue weighted by Gasteiger charge is -2.08. The minimum atomic E-state index is -0.837. The summed E-state index contributed by atoms with van der Waals surface area (Å²) < 4.78 is 31.3. The zero-order valence-electron chi connectivity index (χ0n) is 8.89. The Morgan fingerprint density at radius 1 is 1.50 bits per heavy atom. The molecule has 3 nitrogen and oxygen atoms in total. The van der Waals surface area contributed by atoms with Gasteiger partial charge in [-0.15, -0.1) is 12.3 Å². The van der Waals surface area contributed by atoms with Gasteiger partial charge in [0.05, 0.1) is 0 Å². The molecule has 0 spiro atoms. The summed E-state index contributed by atoms with van der Waals surface area (Å²) in [7, 11) is 0. The molecule has 16 heavy (non-hydrogen) atoms. The Hall–Kier alpha value is -1.83. The van der Waals surface area contributed by atoms with E-state index in [0.717, 1.165) is 6.07 Å². The molecule has 0 atom stereocenters. The molecule has 1 heterocycles. The van der Waals surface area contributed by atoms with Crippen LogP contribution in [-0.2, 0) is 0 Å². The van der Waals surface area contributed by atoms with E-state index in [1.165, 1.54) is 0 Å². The van der Waals surface area contributed by atoms with Crippen LogP contribution in [0.5, 0.6) is 5.88 Å². The highest BCUT2D eigenvalue weighted by Crippen LogP contribution is 2.20. The summed E-state index contributed by atoms with van der Waals surface area (Å²) in [6.07, 6.45) is 5.36. The number of nitrogens with zero attached hydrogens (tertiary/aromatic N) is 1. The van der Waals surface area contributed by atoms with Crippen LogP contribution in [0.2, 0.25) is 0 Å². The summed E-state index contributed by atoms with van der Waals surface area (Å²) in [5, 5.41) is 2.66. The minimum Gasteiger partial charge on any atom is -0.475 e. The lowest BCUT2D eigenvalue weighted by molar-refractivity contribution is 0.295.